The first-order valence-electron chi connectivity index (χ1n) is 6.26. The third kappa shape index (κ3) is 3.42. The van der Waals surface area contributed by atoms with Crippen LogP contribution in [0.15, 0.2) is 0 Å². The van der Waals surface area contributed by atoms with Gasteiger partial charge in [0.05, 0.1) is 0 Å². The molecule has 3 unspecified atom stereocenters. The van der Waals surface area contributed by atoms with E-state index in [9.17, 15) is 4.39 Å². The van der Waals surface area contributed by atoms with Crippen molar-refractivity contribution in [2.24, 2.45) is 5.92 Å². The molecule has 0 aliphatic carbocycles. The van der Waals surface area contributed by atoms with Gasteiger partial charge in [-0.1, -0.05) is 27.2 Å². The molecule has 0 bridgehead atoms. The Kier molecular flexibility index (Phi) is 5.54. The van der Waals surface area contributed by atoms with E-state index in [4.69, 9.17) is 0 Å². The normalized spacial score (nSPS) is 30.4. The standard InChI is InChI=1S/C12H25FN2/c1-4-10(3)12-8-14-11(5-2)9-15(12)7-6-13/h10-12,14H,4-9H2,1-3H3. The molecular weight excluding hydrogens is 191 g/mol. The van der Waals surface area contributed by atoms with Crippen LogP contribution >= 0.6 is 0 Å². The van der Waals surface area contributed by atoms with Gasteiger partial charge < -0.3 is 5.32 Å². The maximum absolute atomic E-state index is 12.5. The van der Waals surface area contributed by atoms with Crippen molar-refractivity contribution in [3.05, 3.63) is 0 Å². The quantitative estimate of drug-likeness (QED) is 0.756. The molecule has 3 heteroatoms. The van der Waals surface area contributed by atoms with Crippen LogP contribution in [0.4, 0.5) is 4.39 Å². The van der Waals surface area contributed by atoms with Gasteiger partial charge in [0.15, 0.2) is 0 Å². The highest BCUT2D eigenvalue weighted by Crippen LogP contribution is 2.18. The zero-order chi connectivity index (χ0) is 11.3. The maximum Gasteiger partial charge on any atom is 0.102 e. The Morgan fingerprint density at radius 1 is 1.47 bits per heavy atom. The Balaban J connectivity index is 2.54. The number of piperazine rings is 1. The van der Waals surface area contributed by atoms with Crippen molar-refractivity contribution >= 4 is 0 Å². The molecule has 0 spiro atoms. The van der Waals surface area contributed by atoms with Crippen molar-refractivity contribution in [1.29, 1.82) is 0 Å². The van der Waals surface area contributed by atoms with Crippen LogP contribution in [0.25, 0.3) is 0 Å². The Morgan fingerprint density at radius 2 is 2.20 bits per heavy atom. The minimum absolute atomic E-state index is 0.219. The predicted octanol–water partition coefficient (Wildman–Crippen LogP) is 2.05. The van der Waals surface area contributed by atoms with Crippen molar-refractivity contribution in [3.8, 4) is 0 Å². The molecule has 1 fully saturated rings. The van der Waals surface area contributed by atoms with Crippen molar-refractivity contribution in [1.82, 2.24) is 10.2 Å². The monoisotopic (exact) mass is 216 g/mol. The maximum atomic E-state index is 12.5. The predicted molar refractivity (Wildman–Crippen MR) is 62.9 cm³/mol. The Hall–Kier alpha value is -0.150. The minimum atomic E-state index is -0.219. The molecule has 1 rings (SSSR count). The number of halogens is 1. The van der Waals surface area contributed by atoms with Gasteiger partial charge in [-0.3, -0.25) is 4.90 Å². The second kappa shape index (κ2) is 6.44. The molecule has 0 aromatic heterocycles. The van der Waals surface area contributed by atoms with Gasteiger partial charge >= 0.3 is 0 Å². The molecule has 2 nitrogen and oxygen atoms in total. The van der Waals surface area contributed by atoms with Gasteiger partial charge in [-0.25, -0.2) is 4.39 Å². The molecule has 0 saturated carbocycles. The number of hydrogen-bond donors (Lipinski definition) is 1. The largest absolute Gasteiger partial charge is 0.311 e. The molecule has 1 aliphatic heterocycles. The van der Waals surface area contributed by atoms with Crippen molar-refractivity contribution < 1.29 is 4.39 Å². The lowest BCUT2D eigenvalue weighted by molar-refractivity contribution is 0.0840. The Bertz CT molecular complexity index is 175. The van der Waals surface area contributed by atoms with E-state index in [0.29, 0.717) is 24.5 Å². The topological polar surface area (TPSA) is 15.3 Å². The van der Waals surface area contributed by atoms with Gasteiger partial charge in [0.2, 0.25) is 0 Å². The van der Waals surface area contributed by atoms with Crippen LogP contribution in [0.1, 0.15) is 33.6 Å². The summed E-state index contributed by atoms with van der Waals surface area (Å²) in [5.74, 6) is 0.654. The van der Waals surface area contributed by atoms with E-state index in [1.54, 1.807) is 0 Å². The summed E-state index contributed by atoms with van der Waals surface area (Å²) in [5.41, 5.74) is 0. The molecule has 0 aromatic rings. The third-order valence-electron chi connectivity index (χ3n) is 3.70. The van der Waals surface area contributed by atoms with E-state index < -0.39 is 0 Å². The van der Waals surface area contributed by atoms with Crippen molar-refractivity contribution in [2.45, 2.75) is 45.7 Å². The second-order valence-electron chi connectivity index (χ2n) is 4.65. The van der Waals surface area contributed by atoms with Crippen molar-refractivity contribution in [2.75, 3.05) is 26.3 Å². The number of nitrogens with one attached hydrogen (secondary N) is 1. The van der Waals surface area contributed by atoms with Crippen LogP contribution in [0.3, 0.4) is 0 Å². The number of rotatable bonds is 5. The van der Waals surface area contributed by atoms with E-state index in [1.165, 1.54) is 6.42 Å². The highest BCUT2D eigenvalue weighted by Gasteiger charge is 2.29. The second-order valence-corrected chi connectivity index (χ2v) is 4.65. The molecule has 0 amide bonds. The van der Waals surface area contributed by atoms with Gasteiger partial charge in [-0.15, -0.1) is 0 Å². The summed E-state index contributed by atoms with van der Waals surface area (Å²) in [6.45, 7) is 9.09. The number of hydrogen-bond acceptors (Lipinski definition) is 2. The molecule has 1 aliphatic rings. The molecule has 3 atom stereocenters. The molecule has 15 heavy (non-hydrogen) atoms. The summed E-state index contributed by atoms with van der Waals surface area (Å²) < 4.78 is 12.5. The summed E-state index contributed by atoms with van der Waals surface area (Å²) >= 11 is 0. The molecule has 90 valence electrons. The highest BCUT2D eigenvalue weighted by molar-refractivity contribution is 4.87. The van der Waals surface area contributed by atoms with Gasteiger partial charge in [0, 0.05) is 31.7 Å². The summed E-state index contributed by atoms with van der Waals surface area (Å²) in [6, 6.07) is 1.07. The summed E-state index contributed by atoms with van der Waals surface area (Å²) in [6.07, 6.45) is 2.31. The Morgan fingerprint density at radius 3 is 2.73 bits per heavy atom. The van der Waals surface area contributed by atoms with E-state index in [-0.39, 0.29) is 6.67 Å². The van der Waals surface area contributed by atoms with Crippen LogP contribution in [0.5, 0.6) is 0 Å². The molecular formula is C12H25FN2. The van der Waals surface area contributed by atoms with E-state index >= 15 is 0 Å². The fourth-order valence-electron chi connectivity index (χ4n) is 2.37. The first-order valence-corrected chi connectivity index (χ1v) is 6.26. The SMILES string of the molecule is CCC1CN(CCF)C(C(C)CC)CN1. The molecule has 1 heterocycles. The highest BCUT2D eigenvalue weighted by atomic mass is 19.1. The van der Waals surface area contributed by atoms with E-state index in [2.05, 4.69) is 31.0 Å². The van der Waals surface area contributed by atoms with Crippen LogP contribution in [0.2, 0.25) is 0 Å². The van der Waals surface area contributed by atoms with Crippen LogP contribution in [0, 0.1) is 5.92 Å². The van der Waals surface area contributed by atoms with Crippen LogP contribution in [-0.4, -0.2) is 43.3 Å². The smallest absolute Gasteiger partial charge is 0.102 e. The molecule has 1 N–H and O–H groups in total. The minimum Gasteiger partial charge on any atom is -0.311 e. The third-order valence-corrected chi connectivity index (χ3v) is 3.70. The lowest BCUT2D eigenvalue weighted by Gasteiger charge is -2.42. The number of alkyl halides is 1. The zero-order valence-corrected chi connectivity index (χ0v) is 10.3. The zero-order valence-electron chi connectivity index (χ0n) is 10.3. The van der Waals surface area contributed by atoms with Crippen LogP contribution in [-0.2, 0) is 0 Å². The van der Waals surface area contributed by atoms with E-state index in [1.807, 2.05) is 0 Å². The Labute approximate surface area is 93.2 Å². The molecule has 0 radical (unpaired) electrons. The van der Waals surface area contributed by atoms with E-state index in [0.717, 1.165) is 19.5 Å². The lowest BCUT2D eigenvalue weighted by Crippen LogP contribution is -2.58. The average molecular weight is 216 g/mol. The fourth-order valence-corrected chi connectivity index (χ4v) is 2.37. The van der Waals surface area contributed by atoms with Gasteiger partial charge in [0.25, 0.3) is 0 Å². The summed E-state index contributed by atoms with van der Waals surface area (Å²) in [5, 5.41) is 3.56. The number of nitrogens with zero attached hydrogens (tertiary/aromatic N) is 1. The summed E-state index contributed by atoms with van der Waals surface area (Å²) in [7, 11) is 0. The fraction of sp³-hybridized carbons (Fsp3) is 1.00. The first kappa shape index (κ1) is 12.9. The average Bonchev–Trinajstić information content (AvgIpc) is 2.28. The lowest BCUT2D eigenvalue weighted by atomic mass is 9.94. The van der Waals surface area contributed by atoms with Gasteiger partial charge in [-0.05, 0) is 12.3 Å². The molecule has 0 aromatic carbocycles. The molecule has 1 saturated heterocycles. The first-order chi connectivity index (χ1) is 7.22. The van der Waals surface area contributed by atoms with Crippen LogP contribution < -0.4 is 5.32 Å². The van der Waals surface area contributed by atoms with Crippen molar-refractivity contribution in [3.63, 3.8) is 0 Å². The van der Waals surface area contributed by atoms with Gasteiger partial charge in [-0.2, -0.15) is 0 Å². The van der Waals surface area contributed by atoms with Gasteiger partial charge in [0.1, 0.15) is 6.67 Å². The summed E-state index contributed by atoms with van der Waals surface area (Å²) in [4.78, 5) is 2.33.